The smallest absolute Gasteiger partial charge is 0.241 e. The summed E-state index contributed by atoms with van der Waals surface area (Å²) < 4.78 is 45.4. The summed E-state index contributed by atoms with van der Waals surface area (Å²) in [6, 6.07) is 20.5. The topological polar surface area (TPSA) is 97.4 Å². The maximum absolute atomic E-state index is 13.7. The van der Waals surface area contributed by atoms with Crippen LogP contribution >= 0.6 is 0 Å². The maximum Gasteiger partial charge on any atom is 0.241 e. The van der Waals surface area contributed by atoms with Gasteiger partial charge in [-0.3, -0.25) is 4.79 Å². The summed E-state index contributed by atoms with van der Waals surface area (Å²) in [5.74, 6) is 1.21. The zero-order valence-corrected chi connectivity index (χ0v) is 22.6. The summed E-state index contributed by atoms with van der Waals surface area (Å²) in [4.78, 5) is 17.6. The molecule has 1 aliphatic rings. The number of hydrogen-bond acceptors (Lipinski definition) is 7. The van der Waals surface area contributed by atoms with E-state index < -0.39 is 16.1 Å². The lowest BCUT2D eigenvalue weighted by Gasteiger charge is -2.38. The average Bonchev–Trinajstić information content (AvgIpc) is 2.96. The number of rotatable bonds is 10. The number of ether oxygens (including phenoxy) is 3. The van der Waals surface area contributed by atoms with Crippen molar-refractivity contribution in [2.75, 3.05) is 52.4 Å². The first kappa shape index (κ1) is 27.3. The van der Waals surface area contributed by atoms with Gasteiger partial charge in [-0.1, -0.05) is 42.5 Å². The van der Waals surface area contributed by atoms with Gasteiger partial charge in [0, 0.05) is 32.2 Å². The lowest BCUT2D eigenvalue weighted by Crippen LogP contribution is -2.55. The minimum atomic E-state index is -4.04. The van der Waals surface area contributed by atoms with E-state index in [9.17, 15) is 13.2 Å². The number of para-hydroxylation sites is 2. The van der Waals surface area contributed by atoms with Crippen LogP contribution in [0.25, 0.3) is 0 Å². The van der Waals surface area contributed by atoms with E-state index in [4.69, 9.17) is 14.2 Å². The van der Waals surface area contributed by atoms with E-state index in [0.29, 0.717) is 31.9 Å². The molecule has 1 aliphatic heterocycles. The number of anilines is 1. The van der Waals surface area contributed by atoms with E-state index >= 15 is 0 Å². The Hall–Kier alpha value is -3.76. The van der Waals surface area contributed by atoms with Gasteiger partial charge in [-0.15, -0.1) is 0 Å². The number of nitrogens with one attached hydrogen (secondary N) is 1. The van der Waals surface area contributed by atoms with Crippen LogP contribution in [0.3, 0.4) is 0 Å². The molecule has 1 N–H and O–H groups in total. The van der Waals surface area contributed by atoms with Gasteiger partial charge in [-0.25, -0.2) is 8.42 Å². The molecule has 1 atom stereocenters. The number of benzene rings is 3. The normalized spacial score (nSPS) is 14.6. The van der Waals surface area contributed by atoms with Crippen molar-refractivity contribution in [1.29, 1.82) is 0 Å². The molecule has 0 radical (unpaired) electrons. The first-order chi connectivity index (χ1) is 18.4. The van der Waals surface area contributed by atoms with Crippen LogP contribution in [0, 0.1) is 0 Å². The lowest BCUT2D eigenvalue weighted by molar-refractivity contribution is -0.133. The quantitative estimate of drug-likeness (QED) is 0.423. The van der Waals surface area contributed by atoms with Crippen molar-refractivity contribution in [1.82, 2.24) is 9.62 Å². The van der Waals surface area contributed by atoms with Gasteiger partial charge in [0.15, 0.2) is 11.5 Å². The van der Waals surface area contributed by atoms with Crippen molar-refractivity contribution in [3.63, 3.8) is 0 Å². The third-order valence-corrected chi connectivity index (χ3v) is 8.03. The van der Waals surface area contributed by atoms with Gasteiger partial charge >= 0.3 is 0 Å². The molecule has 10 heteroatoms. The van der Waals surface area contributed by atoms with E-state index in [-0.39, 0.29) is 23.0 Å². The van der Waals surface area contributed by atoms with E-state index in [1.54, 1.807) is 12.0 Å². The molecule has 4 rings (SSSR count). The first-order valence-corrected chi connectivity index (χ1v) is 13.8. The second kappa shape index (κ2) is 12.2. The summed E-state index contributed by atoms with van der Waals surface area (Å²) >= 11 is 0. The highest BCUT2D eigenvalue weighted by atomic mass is 32.2. The minimum Gasteiger partial charge on any atom is -0.495 e. The van der Waals surface area contributed by atoms with Crippen molar-refractivity contribution in [2.45, 2.75) is 17.4 Å². The third-order valence-electron chi connectivity index (χ3n) is 6.56. The molecule has 1 heterocycles. The molecule has 0 aliphatic carbocycles. The largest absolute Gasteiger partial charge is 0.495 e. The van der Waals surface area contributed by atoms with Gasteiger partial charge in [-0.05, 0) is 36.2 Å². The Morgan fingerprint density at radius 3 is 2.11 bits per heavy atom. The van der Waals surface area contributed by atoms with E-state index in [1.165, 1.54) is 32.4 Å². The Balaban J connectivity index is 1.54. The van der Waals surface area contributed by atoms with Gasteiger partial charge in [0.25, 0.3) is 0 Å². The molecule has 9 nitrogen and oxygen atoms in total. The van der Waals surface area contributed by atoms with Crippen LogP contribution in [-0.2, 0) is 21.2 Å². The van der Waals surface area contributed by atoms with Crippen molar-refractivity contribution in [2.24, 2.45) is 0 Å². The Morgan fingerprint density at radius 2 is 1.45 bits per heavy atom. The molecular formula is C28H33N3O6S. The SMILES string of the molecule is COc1ccc(S(=O)(=O)N[C@@H](Cc2ccccc2)C(=O)N2CCN(c3ccccc3OC)CC2)cc1OC. The van der Waals surface area contributed by atoms with E-state index in [1.807, 2.05) is 54.6 Å². The molecule has 1 fully saturated rings. The molecule has 38 heavy (non-hydrogen) atoms. The summed E-state index contributed by atoms with van der Waals surface area (Å²) in [5, 5.41) is 0. The van der Waals surface area contributed by atoms with Crippen molar-refractivity contribution < 1.29 is 27.4 Å². The number of carbonyl (C=O) groups is 1. The number of methoxy groups -OCH3 is 3. The van der Waals surface area contributed by atoms with Gasteiger partial charge in [-0.2, -0.15) is 4.72 Å². The predicted octanol–water partition coefficient (Wildman–Crippen LogP) is 2.95. The Labute approximate surface area is 224 Å². The molecule has 3 aromatic rings. The van der Waals surface area contributed by atoms with Crippen LogP contribution in [0.1, 0.15) is 5.56 Å². The molecule has 0 aromatic heterocycles. The van der Waals surface area contributed by atoms with Crippen LogP contribution in [0.15, 0.2) is 77.7 Å². The molecule has 0 saturated carbocycles. The van der Waals surface area contributed by atoms with E-state index in [2.05, 4.69) is 9.62 Å². The standard InChI is InChI=1S/C28H33N3O6S/c1-35-25-12-8-7-11-24(25)30-15-17-31(18-16-30)28(32)23(19-21-9-5-4-6-10-21)29-38(33,34)22-13-14-26(36-2)27(20-22)37-3/h4-14,20,23,29H,15-19H2,1-3H3/t23-/m0/s1. The van der Waals surface area contributed by atoms with Crippen molar-refractivity contribution >= 4 is 21.6 Å². The van der Waals surface area contributed by atoms with Crippen molar-refractivity contribution in [3.8, 4) is 17.2 Å². The number of amides is 1. The predicted molar refractivity (Wildman–Crippen MR) is 146 cm³/mol. The summed E-state index contributed by atoms with van der Waals surface area (Å²) in [5.41, 5.74) is 1.82. The van der Waals surface area contributed by atoms with Crippen LogP contribution in [0.5, 0.6) is 17.2 Å². The van der Waals surface area contributed by atoms with E-state index in [0.717, 1.165) is 17.0 Å². The first-order valence-electron chi connectivity index (χ1n) is 12.3. The van der Waals surface area contributed by atoms with Crippen LogP contribution in [0.2, 0.25) is 0 Å². The second-order valence-corrected chi connectivity index (χ2v) is 10.6. The van der Waals surface area contributed by atoms with Gasteiger partial charge in [0.05, 0.1) is 31.9 Å². The Bertz CT molecular complexity index is 1340. The third kappa shape index (κ3) is 6.20. The fourth-order valence-electron chi connectivity index (χ4n) is 4.55. The Morgan fingerprint density at radius 1 is 0.816 bits per heavy atom. The zero-order chi connectivity index (χ0) is 27.1. The zero-order valence-electron chi connectivity index (χ0n) is 21.8. The molecule has 0 spiro atoms. The Kier molecular flexibility index (Phi) is 8.75. The summed E-state index contributed by atoms with van der Waals surface area (Å²) in [6.07, 6.45) is 0.221. The lowest BCUT2D eigenvalue weighted by atomic mass is 10.1. The van der Waals surface area contributed by atoms with Crippen molar-refractivity contribution in [3.05, 3.63) is 78.4 Å². The number of piperazine rings is 1. The van der Waals surface area contributed by atoms with Gasteiger partial charge in [0.1, 0.15) is 11.8 Å². The molecule has 0 bridgehead atoms. The number of nitrogens with zero attached hydrogens (tertiary/aromatic N) is 2. The van der Waals surface area contributed by atoms with Crippen LogP contribution in [0.4, 0.5) is 5.69 Å². The summed E-state index contributed by atoms with van der Waals surface area (Å²) in [7, 11) is 0.510. The molecule has 202 valence electrons. The fraction of sp³-hybridized carbons (Fsp3) is 0.321. The number of hydrogen-bond donors (Lipinski definition) is 1. The highest BCUT2D eigenvalue weighted by Crippen LogP contribution is 2.30. The average molecular weight is 540 g/mol. The van der Waals surface area contributed by atoms with Crippen LogP contribution in [-0.4, -0.2) is 72.8 Å². The highest BCUT2D eigenvalue weighted by molar-refractivity contribution is 7.89. The number of sulfonamides is 1. The minimum absolute atomic E-state index is 0.0120. The summed E-state index contributed by atoms with van der Waals surface area (Å²) in [6.45, 7) is 2.12. The second-order valence-electron chi connectivity index (χ2n) is 8.86. The molecule has 1 amide bonds. The molecule has 1 saturated heterocycles. The molecule has 0 unspecified atom stereocenters. The van der Waals surface area contributed by atoms with Gasteiger partial charge < -0.3 is 24.0 Å². The highest BCUT2D eigenvalue weighted by Gasteiger charge is 2.32. The molecular weight excluding hydrogens is 506 g/mol. The number of carbonyl (C=O) groups excluding carboxylic acids is 1. The monoisotopic (exact) mass is 539 g/mol. The maximum atomic E-state index is 13.7. The molecule has 3 aromatic carbocycles. The fourth-order valence-corrected chi connectivity index (χ4v) is 5.75. The van der Waals surface area contributed by atoms with Gasteiger partial charge in [0.2, 0.25) is 15.9 Å². The van der Waals surface area contributed by atoms with Crippen LogP contribution < -0.4 is 23.8 Å².